The van der Waals surface area contributed by atoms with E-state index in [1.165, 1.54) is 5.56 Å². The molecule has 10 nitrogen and oxygen atoms in total. The van der Waals surface area contributed by atoms with Gasteiger partial charge in [-0.1, -0.05) is 48.5 Å². The molecule has 1 aromatic heterocycles. The number of para-hydroxylation sites is 1. The number of nitrogens with zero attached hydrogens (tertiary/aromatic N) is 4. The van der Waals surface area contributed by atoms with E-state index in [2.05, 4.69) is 27.7 Å². The highest BCUT2D eigenvalue weighted by Gasteiger charge is 2.37. The number of hydrogen-bond acceptors (Lipinski definition) is 7. The first-order valence-electron chi connectivity index (χ1n) is 13.8. The molecule has 40 heavy (non-hydrogen) atoms. The summed E-state index contributed by atoms with van der Waals surface area (Å²) in [7, 11) is 1.71. The highest BCUT2D eigenvalue weighted by atomic mass is 16.6. The van der Waals surface area contributed by atoms with Crippen molar-refractivity contribution in [1.82, 2.24) is 24.9 Å². The van der Waals surface area contributed by atoms with E-state index in [1.54, 1.807) is 16.7 Å². The van der Waals surface area contributed by atoms with Gasteiger partial charge in [-0.3, -0.25) is 10.2 Å². The molecule has 0 spiro atoms. The van der Waals surface area contributed by atoms with Crippen LogP contribution in [0, 0.1) is 0 Å². The van der Waals surface area contributed by atoms with Crippen LogP contribution in [-0.2, 0) is 22.6 Å². The lowest BCUT2D eigenvalue weighted by Crippen LogP contribution is -2.43. The summed E-state index contributed by atoms with van der Waals surface area (Å²) >= 11 is 0. The number of likely N-dealkylation sites (tertiary alicyclic amines) is 1. The van der Waals surface area contributed by atoms with Crippen LogP contribution in [0.4, 0.5) is 10.6 Å². The van der Waals surface area contributed by atoms with Gasteiger partial charge in [0, 0.05) is 51.3 Å². The third-order valence-corrected chi connectivity index (χ3v) is 7.34. The lowest BCUT2D eigenvalue weighted by atomic mass is 9.94. The zero-order valence-corrected chi connectivity index (χ0v) is 23.7. The standard InChI is InChI=1S/C30H40N6O4/c1-30(2,3)40-29(38)35-18-24-26(20-35)33-36(22-13-9-6-10-14-22)27(24)32-28(37)31-25-19-34(15-16-39-4)17-23(25)21-11-7-5-8-12-21/h5-14,23,25,29,38H,15-20H2,1-4H3,(H2,31,32,37). The van der Waals surface area contributed by atoms with Crippen molar-refractivity contribution in [3.05, 3.63) is 77.5 Å². The number of hydrogen-bond donors (Lipinski definition) is 3. The molecule has 0 aliphatic carbocycles. The molecular formula is C30H40N6O4. The van der Waals surface area contributed by atoms with E-state index in [0.29, 0.717) is 25.5 Å². The number of nitrogens with one attached hydrogen (secondary N) is 2. The molecule has 2 aliphatic heterocycles. The molecule has 10 heteroatoms. The highest BCUT2D eigenvalue weighted by Crippen LogP contribution is 2.33. The predicted molar refractivity (Wildman–Crippen MR) is 153 cm³/mol. The monoisotopic (exact) mass is 548 g/mol. The molecule has 3 atom stereocenters. The molecule has 5 rings (SSSR count). The first-order valence-corrected chi connectivity index (χ1v) is 13.8. The first kappa shape index (κ1) is 28.3. The van der Waals surface area contributed by atoms with Crippen LogP contribution in [0.2, 0.25) is 0 Å². The Balaban J connectivity index is 1.36. The number of benzene rings is 2. The summed E-state index contributed by atoms with van der Waals surface area (Å²) in [6.07, 6.45) is -1.08. The maximum Gasteiger partial charge on any atom is 0.320 e. The van der Waals surface area contributed by atoms with Crippen LogP contribution < -0.4 is 10.6 Å². The van der Waals surface area contributed by atoms with E-state index < -0.39 is 12.0 Å². The van der Waals surface area contributed by atoms with Crippen molar-refractivity contribution in [2.24, 2.45) is 0 Å². The van der Waals surface area contributed by atoms with Gasteiger partial charge in [0.05, 0.1) is 29.6 Å². The summed E-state index contributed by atoms with van der Waals surface area (Å²) in [6.45, 7) is 9.55. The van der Waals surface area contributed by atoms with Gasteiger partial charge in [-0.15, -0.1) is 0 Å². The van der Waals surface area contributed by atoms with Gasteiger partial charge in [0.1, 0.15) is 5.82 Å². The van der Waals surface area contributed by atoms with E-state index in [0.717, 1.165) is 36.6 Å². The highest BCUT2D eigenvalue weighted by molar-refractivity contribution is 5.90. The molecular weight excluding hydrogens is 508 g/mol. The average molecular weight is 549 g/mol. The molecule has 2 aromatic carbocycles. The van der Waals surface area contributed by atoms with Gasteiger partial charge in [-0.25, -0.2) is 14.4 Å². The Kier molecular flexibility index (Phi) is 8.53. The van der Waals surface area contributed by atoms with Crippen molar-refractivity contribution in [3.8, 4) is 5.69 Å². The minimum atomic E-state index is -1.08. The number of aliphatic hydroxyl groups is 1. The summed E-state index contributed by atoms with van der Waals surface area (Å²) in [5.74, 6) is 0.753. The summed E-state index contributed by atoms with van der Waals surface area (Å²) in [5, 5.41) is 21.9. The third kappa shape index (κ3) is 6.54. The molecule has 0 bridgehead atoms. The number of urea groups is 1. The SMILES string of the molecule is COCCN1CC(NC(=O)Nc2c3c(nn2-c2ccccc2)CN(C(O)OC(C)(C)C)C3)C(c2ccccc2)C1. The Labute approximate surface area is 235 Å². The molecule has 3 aromatic rings. The van der Waals surface area contributed by atoms with Gasteiger partial charge in [0.2, 0.25) is 6.41 Å². The quantitative estimate of drug-likeness (QED) is 0.352. The number of methoxy groups -OCH3 is 1. The van der Waals surface area contributed by atoms with Crippen LogP contribution in [0.25, 0.3) is 5.69 Å². The smallest absolute Gasteiger partial charge is 0.320 e. The van der Waals surface area contributed by atoms with Gasteiger partial charge in [0.15, 0.2) is 0 Å². The molecule has 2 aliphatic rings. The summed E-state index contributed by atoms with van der Waals surface area (Å²) in [5.41, 5.74) is 3.20. The van der Waals surface area contributed by atoms with E-state index in [-0.39, 0.29) is 18.0 Å². The van der Waals surface area contributed by atoms with Crippen LogP contribution in [0.1, 0.15) is 43.5 Å². The number of aliphatic hydroxyl groups excluding tert-OH is 1. The molecule has 2 amide bonds. The molecule has 3 N–H and O–H groups in total. The molecule has 214 valence electrons. The third-order valence-electron chi connectivity index (χ3n) is 7.34. The van der Waals surface area contributed by atoms with Gasteiger partial charge in [-0.05, 0) is 38.5 Å². The molecule has 0 saturated carbocycles. The second-order valence-corrected chi connectivity index (χ2v) is 11.5. The lowest BCUT2D eigenvalue weighted by molar-refractivity contribution is -0.241. The normalized spacial score (nSPS) is 20.4. The number of aromatic nitrogens is 2. The minimum absolute atomic E-state index is 0.0705. The van der Waals surface area contributed by atoms with Crippen LogP contribution in [0.3, 0.4) is 0 Å². The van der Waals surface area contributed by atoms with Gasteiger partial charge >= 0.3 is 6.03 Å². The second kappa shape index (κ2) is 12.1. The molecule has 0 radical (unpaired) electrons. The topological polar surface area (TPSA) is 104 Å². The summed E-state index contributed by atoms with van der Waals surface area (Å²) < 4.78 is 12.8. The number of fused-ring (bicyclic) bond motifs is 1. The van der Waals surface area contributed by atoms with Crippen molar-refractivity contribution < 1.29 is 19.4 Å². The van der Waals surface area contributed by atoms with E-state index >= 15 is 0 Å². The fourth-order valence-corrected chi connectivity index (χ4v) is 5.46. The zero-order valence-electron chi connectivity index (χ0n) is 23.7. The van der Waals surface area contributed by atoms with Crippen LogP contribution in [0.15, 0.2) is 60.7 Å². The summed E-state index contributed by atoms with van der Waals surface area (Å²) in [4.78, 5) is 17.7. The van der Waals surface area contributed by atoms with Gasteiger partial charge < -0.3 is 19.9 Å². The minimum Gasteiger partial charge on any atom is -0.383 e. The van der Waals surface area contributed by atoms with Gasteiger partial charge in [0.25, 0.3) is 0 Å². The summed E-state index contributed by atoms with van der Waals surface area (Å²) in [6, 6.07) is 19.7. The maximum absolute atomic E-state index is 13.6. The number of carbonyl (C=O) groups is 1. The Morgan fingerprint density at radius 3 is 2.45 bits per heavy atom. The fraction of sp³-hybridized carbons (Fsp3) is 0.467. The van der Waals surface area contributed by atoms with Crippen molar-refractivity contribution in [1.29, 1.82) is 0 Å². The second-order valence-electron chi connectivity index (χ2n) is 11.5. The number of amides is 2. The number of carbonyl (C=O) groups excluding carboxylic acids is 1. The zero-order chi connectivity index (χ0) is 28.3. The molecule has 1 saturated heterocycles. The first-order chi connectivity index (χ1) is 19.2. The van der Waals surface area contributed by atoms with Crippen molar-refractivity contribution in [2.75, 3.05) is 38.7 Å². The maximum atomic E-state index is 13.6. The lowest BCUT2D eigenvalue weighted by Gasteiger charge is -2.29. The van der Waals surface area contributed by atoms with Gasteiger partial charge in [-0.2, -0.15) is 5.10 Å². The molecule has 3 unspecified atom stereocenters. The number of rotatable bonds is 9. The number of anilines is 1. The van der Waals surface area contributed by atoms with Crippen molar-refractivity contribution in [3.63, 3.8) is 0 Å². The Morgan fingerprint density at radius 1 is 1.07 bits per heavy atom. The predicted octanol–water partition coefficient (Wildman–Crippen LogP) is 3.51. The number of ether oxygens (including phenoxy) is 2. The largest absolute Gasteiger partial charge is 0.383 e. The van der Waals surface area contributed by atoms with E-state index in [9.17, 15) is 9.90 Å². The Bertz CT molecular complexity index is 1280. The van der Waals surface area contributed by atoms with Crippen molar-refractivity contribution in [2.45, 2.75) is 57.8 Å². The van der Waals surface area contributed by atoms with Crippen LogP contribution >= 0.6 is 0 Å². The van der Waals surface area contributed by atoms with E-state index in [4.69, 9.17) is 14.6 Å². The van der Waals surface area contributed by atoms with Crippen LogP contribution in [0.5, 0.6) is 0 Å². The average Bonchev–Trinajstić information content (AvgIpc) is 3.61. The molecule has 1 fully saturated rings. The van der Waals surface area contributed by atoms with Crippen molar-refractivity contribution >= 4 is 11.8 Å². The fourth-order valence-electron chi connectivity index (χ4n) is 5.46. The van der Waals surface area contributed by atoms with Crippen LogP contribution in [-0.4, -0.2) is 82.1 Å². The Morgan fingerprint density at radius 2 is 1.77 bits per heavy atom. The van der Waals surface area contributed by atoms with E-state index in [1.807, 2.05) is 69.3 Å². The Hall–Kier alpha value is -3.28. The molecule has 3 heterocycles.